The third kappa shape index (κ3) is 3.54. The minimum absolute atomic E-state index is 1.09. The highest BCUT2D eigenvalue weighted by atomic mass is 15.0. The Hall–Kier alpha value is -5.80. The fraction of sp³-hybridized carbons (Fsp3) is 0.0698. The van der Waals surface area contributed by atoms with Gasteiger partial charge in [-0.2, -0.15) is 0 Å². The summed E-state index contributed by atoms with van der Waals surface area (Å²) in [4.78, 5) is 0. The second-order valence-electron chi connectivity index (χ2n) is 12.4. The quantitative estimate of drug-likeness (QED) is 0.195. The second-order valence-corrected chi connectivity index (χ2v) is 12.4. The standard InChI is InChI=1S/C43H31N3/c1-4-14-29(15-5-1)44-39-23-13-11-20-36(39)42-40(44)27-26-35-33-19-10-12-22-38(33)46(43(35)42)31-24-25-34-32-18-8-3-9-21-37(32)45(41(34)28-31)30-16-6-2-7-17-30/h1-2,4-7,9-17,19-28H,3,8,18H2. The van der Waals surface area contributed by atoms with Crippen LogP contribution in [0.3, 0.4) is 0 Å². The number of rotatable bonds is 3. The van der Waals surface area contributed by atoms with Gasteiger partial charge in [0.15, 0.2) is 0 Å². The summed E-state index contributed by atoms with van der Waals surface area (Å²) < 4.78 is 7.40. The van der Waals surface area contributed by atoms with Gasteiger partial charge in [0.25, 0.3) is 0 Å². The van der Waals surface area contributed by atoms with E-state index < -0.39 is 0 Å². The van der Waals surface area contributed by atoms with E-state index in [2.05, 4.69) is 165 Å². The lowest BCUT2D eigenvalue weighted by atomic mass is 10.1. The summed E-state index contributed by atoms with van der Waals surface area (Å²) in [5.74, 6) is 0. The average Bonchev–Trinajstić information content (AvgIpc) is 3.66. The zero-order valence-corrected chi connectivity index (χ0v) is 25.4. The van der Waals surface area contributed by atoms with Crippen molar-refractivity contribution in [1.82, 2.24) is 13.7 Å². The molecule has 0 bridgehead atoms. The van der Waals surface area contributed by atoms with Gasteiger partial charge in [0.1, 0.15) is 0 Å². The van der Waals surface area contributed by atoms with Crippen LogP contribution in [0.4, 0.5) is 0 Å². The highest BCUT2D eigenvalue weighted by Crippen LogP contribution is 2.43. The maximum Gasteiger partial charge on any atom is 0.0641 e. The van der Waals surface area contributed by atoms with Crippen LogP contribution in [-0.2, 0) is 6.42 Å². The van der Waals surface area contributed by atoms with Crippen LogP contribution >= 0.6 is 0 Å². The van der Waals surface area contributed by atoms with Crippen molar-refractivity contribution < 1.29 is 0 Å². The number of benzene rings is 6. The lowest BCUT2D eigenvalue weighted by Gasteiger charge is -2.12. The third-order valence-corrected chi connectivity index (χ3v) is 9.93. The van der Waals surface area contributed by atoms with Gasteiger partial charge in [0, 0.05) is 49.7 Å². The number of aryl methyl sites for hydroxylation is 1. The summed E-state index contributed by atoms with van der Waals surface area (Å²) in [6, 6.07) is 51.1. The monoisotopic (exact) mass is 589 g/mol. The maximum atomic E-state index is 2.51. The number of hydrogen-bond donors (Lipinski definition) is 0. The van der Waals surface area contributed by atoms with Crippen LogP contribution in [-0.4, -0.2) is 13.7 Å². The molecule has 0 saturated carbocycles. The molecule has 3 nitrogen and oxygen atoms in total. The first-order valence-electron chi connectivity index (χ1n) is 16.3. The van der Waals surface area contributed by atoms with Gasteiger partial charge < -0.3 is 13.7 Å². The molecule has 1 aliphatic carbocycles. The molecule has 0 spiro atoms. The van der Waals surface area contributed by atoms with Crippen LogP contribution in [0.5, 0.6) is 0 Å². The number of para-hydroxylation sites is 4. The van der Waals surface area contributed by atoms with E-state index in [9.17, 15) is 0 Å². The average molecular weight is 590 g/mol. The van der Waals surface area contributed by atoms with Crippen molar-refractivity contribution in [2.45, 2.75) is 19.3 Å². The lowest BCUT2D eigenvalue weighted by molar-refractivity contribution is 0.854. The Bertz CT molecular complexity index is 2650. The molecule has 10 rings (SSSR count). The molecule has 0 N–H and O–H groups in total. The van der Waals surface area contributed by atoms with Crippen molar-refractivity contribution in [1.29, 1.82) is 0 Å². The lowest BCUT2D eigenvalue weighted by Crippen LogP contribution is -1.99. The van der Waals surface area contributed by atoms with Gasteiger partial charge in [-0.1, -0.05) is 91.0 Å². The van der Waals surface area contributed by atoms with Crippen molar-refractivity contribution in [2.24, 2.45) is 0 Å². The molecule has 0 radical (unpaired) electrons. The van der Waals surface area contributed by atoms with Crippen LogP contribution in [0.25, 0.3) is 77.7 Å². The molecular formula is C43H31N3. The largest absolute Gasteiger partial charge is 0.310 e. The molecule has 218 valence electrons. The van der Waals surface area contributed by atoms with E-state index in [0.717, 1.165) is 12.8 Å². The Morgan fingerprint density at radius 3 is 1.87 bits per heavy atom. The first-order valence-corrected chi connectivity index (χ1v) is 16.3. The third-order valence-electron chi connectivity index (χ3n) is 9.93. The summed E-state index contributed by atoms with van der Waals surface area (Å²) in [7, 11) is 0. The molecule has 3 heteroatoms. The highest BCUT2D eigenvalue weighted by molar-refractivity contribution is 6.26. The molecule has 3 heterocycles. The Labute approximate surface area is 266 Å². The van der Waals surface area contributed by atoms with Crippen LogP contribution in [0.1, 0.15) is 24.1 Å². The van der Waals surface area contributed by atoms with Crippen LogP contribution in [0, 0.1) is 0 Å². The SMILES string of the molecule is C1=Cc2c(c3ccc(-n4c5ccccc5c5ccc6c(c7ccccc7n6-c6ccccc6)c54)cc3n2-c2ccccc2)CCC1. The number of aromatic nitrogens is 3. The molecule has 46 heavy (non-hydrogen) atoms. The topological polar surface area (TPSA) is 14.8 Å². The number of fused-ring (bicyclic) bond motifs is 10. The molecule has 0 atom stereocenters. The molecule has 1 aliphatic rings. The minimum atomic E-state index is 1.09. The summed E-state index contributed by atoms with van der Waals surface area (Å²) >= 11 is 0. The van der Waals surface area contributed by atoms with E-state index in [1.807, 2.05) is 0 Å². The van der Waals surface area contributed by atoms with Gasteiger partial charge >= 0.3 is 0 Å². The Kier molecular flexibility index (Phi) is 5.47. The molecule has 3 aromatic heterocycles. The Morgan fingerprint density at radius 1 is 0.435 bits per heavy atom. The van der Waals surface area contributed by atoms with Crippen LogP contribution < -0.4 is 0 Å². The van der Waals surface area contributed by atoms with Gasteiger partial charge in [0.05, 0.1) is 27.6 Å². The fourth-order valence-corrected chi connectivity index (χ4v) is 8.02. The van der Waals surface area contributed by atoms with E-state index in [0.29, 0.717) is 0 Å². The van der Waals surface area contributed by atoms with Gasteiger partial charge in [-0.3, -0.25) is 0 Å². The zero-order chi connectivity index (χ0) is 30.2. The van der Waals surface area contributed by atoms with Crippen LogP contribution in [0.2, 0.25) is 0 Å². The normalized spacial score (nSPS) is 13.3. The molecular weight excluding hydrogens is 558 g/mol. The predicted molar refractivity (Wildman–Crippen MR) is 194 cm³/mol. The smallest absolute Gasteiger partial charge is 0.0641 e. The van der Waals surface area contributed by atoms with E-state index in [-0.39, 0.29) is 0 Å². The summed E-state index contributed by atoms with van der Waals surface area (Å²) in [6.45, 7) is 0. The Morgan fingerprint density at radius 2 is 1.09 bits per heavy atom. The molecule has 0 fully saturated rings. The van der Waals surface area contributed by atoms with Crippen LogP contribution in [0.15, 0.2) is 146 Å². The van der Waals surface area contributed by atoms with Gasteiger partial charge in [-0.15, -0.1) is 0 Å². The minimum Gasteiger partial charge on any atom is -0.310 e. The Balaban J connectivity index is 1.36. The predicted octanol–water partition coefficient (Wildman–Crippen LogP) is 11.2. The maximum absolute atomic E-state index is 2.51. The van der Waals surface area contributed by atoms with Crippen molar-refractivity contribution in [2.75, 3.05) is 0 Å². The van der Waals surface area contributed by atoms with Crippen molar-refractivity contribution in [3.8, 4) is 17.1 Å². The summed E-state index contributed by atoms with van der Waals surface area (Å²) in [6.07, 6.45) is 8.08. The molecule has 0 saturated heterocycles. The van der Waals surface area contributed by atoms with Gasteiger partial charge in [0.2, 0.25) is 0 Å². The van der Waals surface area contributed by atoms with E-state index >= 15 is 0 Å². The molecule has 0 aliphatic heterocycles. The van der Waals surface area contributed by atoms with Crippen molar-refractivity contribution in [3.63, 3.8) is 0 Å². The van der Waals surface area contributed by atoms with Gasteiger partial charge in [-0.25, -0.2) is 0 Å². The molecule has 0 unspecified atom stereocenters. The molecule has 9 aromatic rings. The summed E-state index contributed by atoms with van der Waals surface area (Å²) in [5, 5.41) is 6.44. The van der Waals surface area contributed by atoms with Crippen molar-refractivity contribution in [3.05, 3.63) is 157 Å². The zero-order valence-electron chi connectivity index (χ0n) is 25.4. The first-order chi connectivity index (χ1) is 22.9. The van der Waals surface area contributed by atoms with E-state index in [4.69, 9.17) is 0 Å². The highest BCUT2D eigenvalue weighted by Gasteiger charge is 2.23. The first kappa shape index (κ1) is 25.5. The number of allylic oxidation sites excluding steroid dienone is 1. The fourth-order valence-electron chi connectivity index (χ4n) is 8.02. The molecule has 6 aromatic carbocycles. The number of nitrogens with zero attached hydrogens (tertiary/aromatic N) is 3. The summed E-state index contributed by atoms with van der Waals surface area (Å²) in [5.41, 5.74) is 12.5. The molecule has 0 amide bonds. The number of hydrogen-bond acceptors (Lipinski definition) is 0. The van der Waals surface area contributed by atoms with E-state index in [1.165, 1.54) is 89.3 Å². The van der Waals surface area contributed by atoms with E-state index in [1.54, 1.807) is 0 Å². The van der Waals surface area contributed by atoms with Gasteiger partial charge in [-0.05, 0) is 85.5 Å². The van der Waals surface area contributed by atoms with Crippen molar-refractivity contribution >= 4 is 60.6 Å². The second kappa shape index (κ2) is 9.85.